The maximum Gasteiger partial charge on any atom is 0.303 e. The second-order valence-corrected chi connectivity index (χ2v) is 12.7. The Kier molecular flexibility index (Phi) is 8.21. The molecule has 0 fully saturated rings. The van der Waals surface area contributed by atoms with E-state index in [-0.39, 0.29) is 11.3 Å². The number of allylic oxidation sites excluding steroid dienone is 3. The number of unbranched alkanes of at least 4 members (excludes halogenated alkanes) is 2. The van der Waals surface area contributed by atoms with Gasteiger partial charge in [0.1, 0.15) is 6.54 Å². The van der Waals surface area contributed by atoms with Crippen LogP contribution in [0.25, 0.3) is 27.9 Å². The lowest BCUT2D eigenvalue weighted by Gasteiger charge is -2.25. The number of para-hydroxylation sites is 2. The number of hydrogen-bond acceptors (Lipinski definition) is 4. The average molecular weight is 586 g/mol. The first-order valence-corrected chi connectivity index (χ1v) is 15.8. The van der Waals surface area contributed by atoms with Gasteiger partial charge in [0.05, 0.1) is 15.7 Å². The van der Waals surface area contributed by atoms with Crippen LogP contribution in [-0.2, 0) is 26.9 Å². The van der Waals surface area contributed by atoms with Crippen molar-refractivity contribution in [2.75, 3.05) is 11.4 Å². The Labute approximate surface area is 247 Å². The van der Waals surface area contributed by atoms with Crippen LogP contribution in [0, 0.1) is 0 Å². The van der Waals surface area contributed by atoms with Gasteiger partial charge in [-0.1, -0.05) is 50.3 Å². The second-order valence-electron chi connectivity index (χ2n) is 11.2. The molecule has 7 nitrogen and oxygen atoms in total. The highest BCUT2D eigenvalue weighted by molar-refractivity contribution is 7.85. The largest absolute Gasteiger partial charge is 0.481 e. The summed E-state index contributed by atoms with van der Waals surface area (Å²) in [4.78, 5) is 13.0. The van der Waals surface area contributed by atoms with Gasteiger partial charge < -0.3 is 10.0 Å². The first-order valence-electron chi connectivity index (χ1n) is 14.4. The standard InChI is InChI=1S/C34H36N2O5S/c1-4-35-31-21-20-24(42(39,40)41)23-28(31)34(2,3)32(35)18-12-15-25-26-13-7-9-16-29(26)36(22-11-5-6-19-33(37)38)30-17-10-8-14-27(25)30/h7-10,12-18,20-21,23H,4-6,11,19,22H2,1-3H3,(H-,37,38,39,40,41)/p+1. The maximum absolute atomic E-state index is 11.8. The Morgan fingerprint density at radius 3 is 2.19 bits per heavy atom. The molecule has 0 saturated heterocycles. The van der Waals surface area contributed by atoms with Crippen molar-refractivity contribution in [1.29, 1.82) is 0 Å². The first kappa shape index (κ1) is 29.5. The van der Waals surface area contributed by atoms with Crippen molar-refractivity contribution in [3.8, 4) is 0 Å². The van der Waals surface area contributed by atoms with Gasteiger partial charge in [0.2, 0.25) is 11.0 Å². The number of hydrogen-bond donors (Lipinski definition) is 2. The molecule has 1 aliphatic heterocycles. The van der Waals surface area contributed by atoms with Crippen LogP contribution in [0.1, 0.15) is 57.6 Å². The summed E-state index contributed by atoms with van der Waals surface area (Å²) in [7, 11) is -4.30. The fraction of sp³-hybridized carbons (Fsp3) is 0.294. The van der Waals surface area contributed by atoms with Crippen LogP contribution in [0.15, 0.2) is 89.5 Å². The molecule has 0 aliphatic carbocycles. The molecular formula is C34H37N2O5S+. The van der Waals surface area contributed by atoms with E-state index in [0.29, 0.717) is 13.0 Å². The third kappa shape index (κ3) is 5.56. The predicted molar refractivity (Wildman–Crippen MR) is 167 cm³/mol. The van der Waals surface area contributed by atoms with Crippen LogP contribution in [-0.4, -0.2) is 30.6 Å². The molecule has 1 aromatic heterocycles. The molecule has 0 bridgehead atoms. The number of aromatic nitrogens is 1. The summed E-state index contributed by atoms with van der Waals surface area (Å²) in [6.45, 7) is 7.73. The van der Waals surface area contributed by atoms with Crippen molar-refractivity contribution in [2.45, 2.75) is 63.3 Å². The van der Waals surface area contributed by atoms with Crippen LogP contribution in [0.4, 0.5) is 5.69 Å². The highest BCUT2D eigenvalue weighted by Crippen LogP contribution is 2.48. The van der Waals surface area contributed by atoms with Crippen molar-refractivity contribution < 1.29 is 27.4 Å². The van der Waals surface area contributed by atoms with E-state index in [9.17, 15) is 17.8 Å². The molecule has 2 N–H and O–H groups in total. The fourth-order valence-electron chi connectivity index (χ4n) is 6.18. The van der Waals surface area contributed by atoms with Crippen molar-refractivity contribution in [2.24, 2.45) is 0 Å². The van der Waals surface area contributed by atoms with Crippen LogP contribution >= 0.6 is 0 Å². The Morgan fingerprint density at radius 2 is 1.60 bits per heavy atom. The molecule has 2 heterocycles. The molecule has 0 spiro atoms. The number of aliphatic carboxylic acids is 1. The number of rotatable bonds is 10. The van der Waals surface area contributed by atoms with Crippen molar-refractivity contribution in [3.05, 3.63) is 95.7 Å². The summed E-state index contributed by atoms with van der Waals surface area (Å²) < 4.78 is 35.7. The minimum atomic E-state index is -4.30. The van der Waals surface area contributed by atoms with Crippen LogP contribution in [0.5, 0.6) is 0 Å². The smallest absolute Gasteiger partial charge is 0.303 e. The molecule has 1 aliphatic rings. The van der Waals surface area contributed by atoms with Crippen molar-refractivity contribution in [3.63, 3.8) is 0 Å². The lowest BCUT2D eigenvalue weighted by atomic mass is 9.83. The summed E-state index contributed by atoms with van der Waals surface area (Å²) in [5, 5.41) is 11.2. The molecule has 0 atom stereocenters. The molecule has 0 saturated carbocycles. The molecular weight excluding hydrogens is 548 g/mol. The third-order valence-electron chi connectivity index (χ3n) is 8.24. The zero-order valence-electron chi connectivity index (χ0n) is 24.2. The van der Waals surface area contributed by atoms with Gasteiger partial charge in [-0.2, -0.15) is 13.0 Å². The second kappa shape index (κ2) is 11.7. The minimum absolute atomic E-state index is 0.0976. The number of likely N-dealkylation sites (N-methyl/N-ethyl adjacent to an activating group) is 1. The Hall–Kier alpha value is -4.01. The van der Waals surface area contributed by atoms with E-state index in [1.54, 1.807) is 12.1 Å². The number of benzene rings is 3. The number of anilines is 1. The molecule has 0 radical (unpaired) electrons. The third-order valence-corrected chi connectivity index (χ3v) is 9.09. The number of nitrogens with zero attached hydrogens (tertiary/aromatic N) is 2. The normalized spacial score (nSPS) is 15.7. The Bertz CT molecular complexity index is 1780. The molecule has 42 heavy (non-hydrogen) atoms. The van der Waals surface area contributed by atoms with Gasteiger partial charge in [0.25, 0.3) is 10.1 Å². The Morgan fingerprint density at radius 1 is 0.952 bits per heavy atom. The number of aryl methyl sites for hydroxylation is 1. The van der Waals surface area contributed by atoms with E-state index in [4.69, 9.17) is 5.11 Å². The van der Waals surface area contributed by atoms with E-state index in [1.165, 1.54) is 6.07 Å². The molecule has 3 aromatic carbocycles. The van der Waals surface area contributed by atoms with E-state index in [1.807, 2.05) is 24.3 Å². The molecule has 8 heteroatoms. The van der Waals surface area contributed by atoms with Crippen molar-refractivity contribution >= 4 is 49.7 Å². The lowest BCUT2D eigenvalue weighted by Crippen LogP contribution is -2.36. The molecule has 218 valence electrons. The molecule has 0 amide bonds. The Balaban J connectivity index is 1.55. The van der Waals surface area contributed by atoms with Crippen molar-refractivity contribution in [1.82, 2.24) is 0 Å². The predicted octanol–water partition coefficient (Wildman–Crippen LogP) is 6.89. The number of pyridine rings is 1. The van der Waals surface area contributed by atoms with Gasteiger partial charge >= 0.3 is 5.97 Å². The molecule has 0 unspecified atom stereocenters. The highest BCUT2D eigenvalue weighted by Gasteiger charge is 2.40. The molecule has 4 aromatic rings. The number of carboxylic acid groups (broad SMARTS) is 1. The maximum atomic E-state index is 11.8. The van der Waals surface area contributed by atoms with Gasteiger partial charge in [-0.15, -0.1) is 0 Å². The number of fused-ring (bicyclic) bond motifs is 3. The van der Waals surface area contributed by atoms with E-state index in [0.717, 1.165) is 63.7 Å². The van der Waals surface area contributed by atoms with Crippen LogP contribution < -0.4 is 9.47 Å². The summed E-state index contributed by atoms with van der Waals surface area (Å²) in [5.41, 5.74) is 5.75. The van der Waals surface area contributed by atoms with Gasteiger partial charge in [-0.25, -0.2) is 0 Å². The van der Waals surface area contributed by atoms with E-state index < -0.39 is 21.5 Å². The van der Waals surface area contributed by atoms with E-state index >= 15 is 0 Å². The van der Waals surface area contributed by atoms with Crippen LogP contribution in [0.3, 0.4) is 0 Å². The van der Waals surface area contributed by atoms with Gasteiger partial charge in [0.15, 0.2) is 0 Å². The molecule has 5 rings (SSSR count). The topological polar surface area (TPSA) is 98.8 Å². The summed E-state index contributed by atoms with van der Waals surface area (Å²) in [6, 6.07) is 21.5. The van der Waals surface area contributed by atoms with Gasteiger partial charge in [-0.3, -0.25) is 9.35 Å². The first-order chi connectivity index (χ1) is 20.0. The number of carbonyl (C=O) groups is 1. The monoisotopic (exact) mass is 585 g/mol. The zero-order chi connectivity index (χ0) is 30.1. The van der Waals surface area contributed by atoms with Gasteiger partial charge in [-0.05, 0) is 61.7 Å². The summed E-state index contributed by atoms with van der Waals surface area (Å²) in [5.74, 6) is -0.751. The fourth-order valence-corrected chi connectivity index (χ4v) is 6.69. The SMILES string of the molecule is CCN1C(=CC=Cc2c3ccccc3[n+](CCCCCC(=O)O)c3ccccc23)C(C)(C)c2cc(S(=O)(=O)O)ccc21. The zero-order valence-corrected chi connectivity index (χ0v) is 25.1. The van der Waals surface area contributed by atoms with Gasteiger partial charge in [0, 0.05) is 53.9 Å². The van der Waals surface area contributed by atoms with E-state index in [2.05, 4.69) is 72.7 Å². The highest BCUT2D eigenvalue weighted by atomic mass is 32.2. The minimum Gasteiger partial charge on any atom is -0.481 e. The summed E-state index contributed by atoms with van der Waals surface area (Å²) >= 11 is 0. The lowest BCUT2D eigenvalue weighted by molar-refractivity contribution is -0.645. The number of carboxylic acids is 1. The average Bonchev–Trinajstić information content (AvgIpc) is 3.17. The van der Waals surface area contributed by atoms with Crippen LogP contribution in [0.2, 0.25) is 0 Å². The summed E-state index contributed by atoms with van der Waals surface area (Å²) in [6.07, 6.45) is 8.94. The quantitative estimate of drug-likeness (QED) is 0.0911.